The summed E-state index contributed by atoms with van der Waals surface area (Å²) in [7, 11) is 0. The first-order valence-corrected chi connectivity index (χ1v) is 8.50. The van der Waals surface area contributed by atoms with E-state index in [1.807, 2.05) is 13.8 Å². The summed E-state index contributed by atoms with van der Waals surface area (Å²) in [6.45, 7) is 12.5. The summed E-state index contributed by atoms with van der Waals surface area (Å²) in [5.41, 5.74) is 3.41. The van der Waals surface area contributed by atoms with Gasteiger partial charge in [0.1, 0.15) is 0 Å². The Kier molecular flexibility index (Phi) is 5.44. The monoisotopic (exact) mass is 302 g/mol. The van der Waals surface area contributed by atoms with Crippen LogP contribution in [-0.2, 0) is 9.53 Å². The molecule has 0 radical (unpaired) electrons. The highest BCUT2D eigenvalue weighted by molar-refractivity contribution is 5.95. The van der Waals surface area contributed by atoms with E-state index in [0.29, 0.717) is 6.42 Å². The standard InChI is InChI=1S/C20H30O2/c1-14(2)17-12-18(21)16(4)10-6-8-15(3)9-7-11-20(5)19(13-17)22-20/h9-10,17,19H,1,6-8,11-13H2,2-5H3/b15-9+,16-10+/t17-,19-,20+/m0/s1. The van der Waals surface area contributed by atoms with Crippen LogP contribution in [0.4, 0.5) is 0 Å². The molecule has 0 N–H and O–H groups in total. The average molecular weight is 302 g/mol. The van der Waals surface area contributed by atoms with Crippen LogP contribution in [0.25, 0.3) is 0 Å². The third kappa shape index (κ3) is 4.42. The fraction of sp³-hybridized carbons (Fsp3) is 0.650. The summed E-state index contributed by atoms with van der Waals surface area (Å²) < 4.78 is 5.96. The van der Waals surface area contributed by atoms with E-state index < -0.39 is 0 Å². The zero-order chi connectivity index (χ0) is 16.3. The molecule has 0 saturated carbocycles. The largest absolute Gasteiger partial charge is 0.366 e. The Morgan fingerprint density at radius 2 is 2.05 bits per heavy atom. The van der Waals surface area contributed by atoms with Crippen molar-refractivity contribution >= 4 is 5.78 Å². The number of Topliss-reactive ketones (excluding diaryl/α,β-unsaturated/α-hetero) is 1. The number of fused-ring (bicyclic) bond motifs is 1. The molecule has 0 aromatic carbocycles. The Balaban J connectivity index is 2.14. The molecule has 2 rings (SSSR count). The molecule has 1 aliphatic heterocycles. The maximum Gasteiger partial charge on any atom is 0.158 e. The number of ether oxygens (including phenoxy) is 1. The van der Waals surface area contributed by atoms with Crippen LogP contribution in [0, 0.1) is 5.92 Å². The van der Waals surface area contributed by atoms with Gasteiger partial charge in [-0.3, -0.25) is 4.79 Å². The van der Waals surface area contributed by atoms with Gasteiger partial charge in [0.2, 0.25) is 0 Å². The Morgan fingerprint density at radius 1 is 1.32 bits per heavy atom. The van der Waals surface area contributed by atoms with Crippen molar-refractivity contribution in [2.45, 2.75) is 77.9 Å². The number of epoxide rings is 1. The molecule has 2 nitrogen and oxygen atoms in total. The lowest BCUT2D eigenvalue weighted by Crippen LogP contribution is -2.17. The van der Waals surface area contributed by atoms with Crippen molar-refractivity contribution in [2.24, 2.45) is 5.92 Å². The topological polar surface area (TPSA) is 29.6 Å². The molecule has 0 unspecified atom stereocenters. The molecule has 2 aliphatic rings. The van der Waals surface area contributed by atoms with E-state index in [0.717, 1.165) is 43.3 Å². The van der Waals surface area contributed by atoms with E-state index in [1.165, 1.54) is 5.57 Å². The van der Waals surface area contributed by atoms with Crippen LogP contribution in [0.1, 0.15) is 66.2 Å². The second-order valence-electron chi connectivity index (χ2n) is 7.34. The molecule has 0 amide bonds. The first kappa shape index (κ1) is 17.2. The minimum absolute atomic E-state index is 0.00251. The summed E-state index contributed by atoms with van der Waals surface area (Å²) in [6.07, 6.45) is 10.3. The quantitative estimate of drug-likeness (QED) is 0.495. The molecule has 122 valence electrons. The lowest BCUT2D eigenvalue weighted by atomic mass is 9.85. The Hall–Kier alpha value is -1.15. The van der Waals surface area contributed by atoms with Crippen LogP contribution >= 0.6 is 0 Å². The highest BCUT2D eigenvalue weighted by Crippen LogP contribution is 2.45. The van der Waals surface area contributed by atoms with Gasteiger partial charge in [-0.2, -0.15) is 0 Å². The lowest BCUT2D eigenvalue weighted by Gasteiger charge is -2.17. The van der Waals surface area contributed by atoms with Crippen LogP contribution < -0.4 is 0 Å². The lowest BCUT2D eigenvalue weighted by molar-refractivity contribution is -0.116. The fourth-order valence-electron chi connectivity index (χ4n) is 3.25. The highest BCUT2D eigenvalue weighted by atomic mass is 16.6. The number of allylic oxidation sites excluding steroid dienone is 5. The van der Waals surface area contributed by atoms with E-state index in [1.54, 1.807) is 0 Å². The number of carbonyl (C=O) groups is 1. The Bertz CT molecular complexity index is 512. The molecule has 0 aromatic rings. The predicted octanol–water partition coefficient (Wildman–Crippen LogP) is 5.15. The minimum atomic E-state index is 0.00251. The second kappa shape index (κ2) is 6.95. The van der Waals surface area contributed by atoms with Crippen molar-refractivity contribution in [3.05, 3.63) is 35.5 Å². The third-order valence-corrected chi connectivity index (χ3v) is 5.23. The van der Waals surface area contributed by atoms with Crippen LogP contribution in [0.2, 0.25) is 0 Å². The van der Waals surface area contributed by atoms with Gasteiger partial charge in [-0.15, -0.1) is 0 Å². The highest BCUT2D eigenvalue weighted by Gasteiger charge is 2.51. The van der Waals surface area contributed by atoms with Gasteiger partial charge in [0.15, 0.2) is 5.78 Å². The SMILES string of the molecule is C=C(C)[C@H]1CC(=O)/C(C)=C/CC/C(C)=C/CC[C@@]2(C)O[C@H]2C1. The van der Waals surface area contributed by atoms with Crippen LogP contribution in [0.5, 0.6) is 0 Å². The van der Waals surface area contributed by atoms with Gasteiger partial charge >= 0.3 is 0 Å². The minimum Gasteiger partial charge on any atom is -0.366 e. The van der Waals surface area contributed by atoms with Crippen molar-refractivity contribution in [3.8, 4) is 0 Å². The molecule has 1 aliphatic carbocycles. The number of hydrogen-bond acceptors (Lipinski definition) is 2. The van der Waals surface area contributed by atoms with Crippen molar-refractivity contribution in [2.75, 3.05) is 0 Å². The molecular weight excluding hydrogens is 272 g/mol. The van der Waals surface area contributed by atoms with Crippen LogP contribution in [0.3, 0.4) is 0 Å². The second-order valence-corrected chi connectivity index (χ2v) is 7.34. The smallest absolute Gasteiger partial charge is 0.158 e. The van der Waals surface area contributed by atoms with E-state index in [-0.39, 0.29) is 23.4 Å². The molecule has 22 heavy (non-hydrogen) atoms. The zero-order valence-corrected chi connectivity index (χ0v) is 14.6. The van der Waals surface area contributed by atoms with Gasteiger partial charge in [0.05, 0.1) is 11.7 Å². The normalized spacial score (nSPS) is 38.8. The van der Waals surface area contributed by atoms with Crippen molar-refractivity contribution in [1.82, 2.24) is 0 Å². The van der Waals surface area contributed by atoms with Gasteiger partial charge in [-0.05, 0) is 71.3 Å². The molecule has 0 bridgehead atoms. The summed E-state index contributed by atoms with van der Waals surface area (Å²) >= 11 is 0. The summed E-state index contributed by atoms with van der Waals surface area (Å²) in [5.74, 6) is 0.497. The number of hydrogen-bond donors (Lipinski definition) is 0. The Labute approximate surface area is 135 Å². The number of rotatable bonds is 1. The first-order chi connectivity index (χ1) is 10.3. The number of carbonyl (C=O) groups excluding carboxylic acids is 1. The first-order valence-electron chi connectivity index (χ1n) is 8.50. The van der Waals surface area contributed by atoms with Gasteiger partial charge < -0.3 is 4.74 Å². The van der Waals surface area contributed by atoms with Gasteiger partial charge in [0, 0.05) is 6.42 Å². The molecule has 0 spiro atoms. The number of ketones is 1. The van der Waals surface area contributed by atoms with Gasteiger partial charge in [-0.1, -0.05) is 29.9 Å². The molecule has 3 atom stereocenters. The van der Waals surface area contributed by atoms with E-state index in [4.69, 9.17) is 4.74 Å². The van der Waals surface area contributed by atoms with E-state index in [9.17, 15) is 4.79 Å². The summed E-state index contributed by atoms with van der Waals surface area (Å²) in [6, 6.07) is 0. The van der Waals surface area contributed by atoms with Crippen LogP contribution in [-0.4, -0.2) is 17.5 Å². The van der Waals surface area contributed by atoms with Crippen molar-refractivity contribution in [1.29, 1.82) is 0 Å². The average Bonchev–Trinajstić information content (AvgIpc) is 3.07. The molecule has 2 heteroatoms. The predicted molar refractivity (Wildman–Crippen MR) is 91.8 cm³/mol. The molecule has 1 fully saturated rings. The Morgan fingerprint density at radius 3 is 2.73 bits per heavy atom. The van der Waals surface area contributed by atoms with E-state index in [2.05, 4.69) is 32.6 Å². The van der Waals surface area contributed by atoms with E-state index >= 15 is 0 Å². The summed E-state index contributed by atoms with van der Waals surface area (Å²) in [4.78, 5) is 12.4. The van der Waals surface area contributed by atoms with Gasteiger partial charge in [0.25, 0.3) is 0 Å². The maximum atomic E-state index is 12.4. The molecule has 1 heterocycles. The van der Waals surface area contributed by atoms with Gasteiger partial charge in [-0.25, -0.2) is 0 Å². The van der Waals surface area contributed by atoms with Crippen molar-refractivity contribution in [3.63, 3.8) is 0 Å². The zero-order valence-electron chi connectivity index (χ0n) is 14.6. The van der Waals surface area contributed by atoms with Crippen molar-refractivity contribution < 1.29 is 9.53 Å². The summed E-state index contributed by atoms with van der Waals surface area (Å²) in [5, 5.41) is 0. The molecule has 1 saturated heterocycles. The fourth-order valence-corrected chi connectivity index (χ4v) is 3.25. The molecular formula is C20H30O2. The third-order valence-electron chi connectivity index (χ3n) is 5.23. The maximum absolute atomic E-state index is 12.4. The van der Waals surface area contributed by atoms with Crippen LogP contribution in [0.15, 0.2) is 35.5 Å². The molecule has 0 aromatic heterocycles.